The lowest BCUT2D eigenvalue weighted by molar-refractivity contribution is -0.175. The molecule has 2 heterocycles. The van der Waals surface area contributed by atoms with E-state index >= 15 is 0 Å². The molecular weight excluding hydrogens is 338 g/mol. The van der Waals surface area contributed by atoms with Gasteiger partial charge in [0.05, 0.1) is 25.7 Å². The molecule has 1 aromatic rings. The number of aromatic nitrogens is 2. The Morgan fingerprint density at radius 2 is 2.16 bits per heavy atom. The Morgan fingerprint density at radius 3 is 2.84 bits per heavy atom. The summed E-state index contributed by atoms with van der Waals surface area (Å²) in [5.74, 6) is 0. The van der Waals surface area contributed by atoms with Gasteiger partial charge in [0, 0.05) is 12.3 Å². The fourth-order valence-corrected chi connectivity index (χ4v) is 2.30. The van der Waals surface area contributed by atoms with E-state index < -0.39 is 42.4 Å². The molecule has 1 aromatic heterocycles. The lowest BCUT2D eigenvalue weighted by Gasteiger charge is -2.22. The molecule has 2 unspecified atom stereocenters. The summed E-state index contributed by atoms with van der Waals surface area (Å²) in [5.41, 5.74) is -1.31. The molecule has 0 aromatic carbocycles. The molecule has 0 bridgehead atoms. The van der Waals surface area contributed by atoms with Crippen LogP contribution in [0.5, 0.6) is 0 Å². The Kier molecular flexibility index (Phi) is 7.26. The van der Waals surface area contributed by atoms with Gasteiger partial charge in [-0.05, 0) is 0 Å². The van der Waals surface area contributed by atoms with Crippen LogP contribution in [0, 0.1) is 11.3 Å². The van der Waals surface area contributed by atoms with E-state index in [1.807, 2.05) is 6.07 Å². The van der Waals surface area contributed by atoms with E-state index in [0.29, 0.717) is 0 Å². The van der Waals surface area contributed by atoms with Gasteiger partial charge in [0.15, 0.2) is 6.23 Å². The average Bonchev–Trinajstić information content (AvgIpc) is 2.90. The number of hydrogen-bond donors (Lipinski definition) is 3. The maximum Gasteiger partial charge on any atom is 0.330 e. The summed E-state index contributed by atoms with van der Waals surface area (Å²) in [7, 11) is 0. The fourth-order valence-electron chi connectivity index (χ4n) is 2.30. The van der Waals surface area contributed by atoms with Crippen LogP contribution in [0.25, 0.3) is 0 Å². The van der Waals surface area contributed by atoms with Crippen molar-refractivity contribution in [1.29, 1.82) is 5.26 Å². The zero-order valence-corrected chi connectivity index (χ0v) is 13.2. The summed E-state index contributed by atoms with van der Waals surface area (Å²) in [6.45, 7) is -0.649. The van der Waals surface area contributed by atoms with Crippen molar-refractivity contribution >= 4 is 0 Å². The number of nitrogens with zero attached hydrogens (tertiary/aromatic N) is 2. The first kappa shape index (κ1) is 19.3. The summed E-state index contributed by atoms with van der Waals surface area (Å²) >= 11 is 0. The number of aliphatic hydroxyl groups is 2. The first-order valence-electron chi connectivity index (χ1n) is 7.48. The third-order valence-electron chi connectivity index (χ3n) is 3.49. The number of nitrogens with one attached hydrogen (secondary N) is 1. The minimum Gasteiger partial charge on any atom is -0.394 e. The summed E-state index contributed by atoms with van der Waals surface area (Å²) in [4.78, 5) is 25.1. The van der Waals surface area contributed by atoms with Gasteiger partial charge in [0.1, 0.15) is 31.9 Å². The topological polar surface area (TPSA) is 156 Å². The van der Waals surface area contributed by atoms with Gasteiger partial charge in [0.25, 0.3) is 5.56 Å². The van der Waals surface area contributed by atoms with Gasteiger partial charge in [0.2, 0.25) is 0 Å². The van der Waals surface area contributed by atoms with Gasteiger partial charge in [-0.3, -0.25) is 14.3 Å². The smallest absolute Gasteiger partial charge is 0.330 e. The largest absolute Gasteiger partial charge is 0.394 e. The molecule has 3 N–H and O–H groups in total. The van der Waals surface area contributed by atoms with Crippen LogP contribution in [0.3, 0.4) is 0 Å². The molecule has 138 valence electrons. The van der Waals surface area contributed by atoms with Crippen molar-refractivity contribution in [2.75, 3.05) is 26.8 Å². The van der Waals surface area contributed by atoms with E-state index in [0.717, 1.165) is 10.6 Å². The number of rotatable bonds is 9. The Hall–Kier alpha value is -2.07. The summed E-state index contributed by atoms with van der Waals surface area (Å²) in [6.07, 6.45) is -2.80. The fraction of sp³-hybridized carbons (Fsp3) is 0.643. The van der Waals surface area contributed by atoms with Crippen molar-refractivity contribution in [1.82, 2.24) is 9.55 Å². The first-order valence-corrected chi connectivity index (χ1v) is 7.48. The Labute approximate surface area is 141 Å². The Balaban J connectivity index is 1.98. The molecule has 1 aliphatic heterocycles. The molecule has 1 saturated heterocycles. The van der Waals surface area contributed by atoms with Crippen molar-refractivity contribution in [2.24, 2.45) is 0 Å². The van der Waals surface area contributed by atoms with Gasteiger partial charge in [-0.15, -0.1) is 0 Å². The van der Waals surface area contributed by atoms with E-state index in [-0.39, 0.29) is 26.6 Å². The van der Waals surface area contributed by atoms with Gasteiger partial charge in [-0.2, -0.15) is 5.26 Å². The first-order chi connectivity index (χ1) is 12.1. The summed E-state index contributed by atoms with van der Waals surface area (Å²) in [5, 5.41) is 27.8. The van der Waals surface area contributed by atoms with Crippen LogP contribution in [0.2, 0.25) is 0 Å². The van der Waals surface area contributed by atoms with Gasteiger partial charge >= 0.3 is 5.69 Å². The van der Waals surface area contributed by atoms with Gasteiger partial charge in [-0.25, -0.2) is 4.79 Å². The minimum absolute atomic E-state index is 0.113. The molecule has 0 radical (unpaired) electrons. The van der Waals surface area contributed by atoms with Crippen molar-refractivity contribution in [3.05, 3.63) is 33.1 Å². The monoisotopic (exact) mass is 357 g/mol. The van der Waals surface area contributed by atoms with E-state index in [1.165, 1.54) is 6.20 Å². The third-order valence-corrected chi connectivity index (χ3v) is 3.49. The number of ether oxygens (including phenoxy) is 4. The van der Waals surface area contributed by atoms with Crippen molar-refractivity contribution in [3.63, 3.8) is 0 Å². The predicted molar refractivity (Wildman–Crippen MR) is 80.2 cm³/mol. The molecule has 0 spiro atoms. The van der Waals surface area contributed by atoms with E-state index in [4.69, 9.17) is 24.2 Å². The van der Waals surface area contributed by atoms with Gasteiger partial charge in [-0.1, -0.05) is 0 Å². The SMILES string of the molecule is N#CCCOCOCOC1C(O)[C@@H](CO)O[C@H]1n1ccc(=O)[nH]c1=O. The van der Waals surface area contributed by atoms with E-state index in [9.17, 15) is 19.8 Å². The summed E-state index contributed by atoms with van der Waals surface area (Å²) in [6, 6.07) is 3.04. The summed E-state index contributed by atoms with van der Waals surface area (Å²) < 4.78 is 22.0. The number of hydrogen-bond acceptors (Lipinski definition) is 9. The molecule has 0 saturated carbocycles. The highest BCUT2D eigenvalue weighted by Crippen LogP contribution is 2.30. The van der Waals surface area contributed by atoms with Crippen LogP contribution in [0.15, 0.2) is 21.9 Å². The lowest BCUT2D eigenvalue weighted by Crippen LogP contribution is -2.39. The number of H-pyrrole nitrogens is 1. The lowest BCUT2D eigenvalue weighted by atomic mass is 10.1. The van der Waals surface area contributed by atoms with Crippen LogP contribution in [-0.2, 0) is 18.9 Å². The molecule has 0 aliphatic carbocycles. The average molecular weight is 357 g/mol. The van der Waals surface area contributed by atoms with E-state index in [1.54, 1.807) is 0 Å². The highest BCUT2D eigenvalue weighted by molar-refractivity contribution is 4.93. The highest BCUT2D eigenvalue weighted by atomic mass is 16.7. The third kappa shape index (κ3) is 4.95. The molecule has 25 heavy (non-hydrogen) atoms. The van der Waals surface area contributed by atoms with Crippen LogP contribution in [-0.4, -0.2) is 64.9 Å². The van der Waals surface area contributed by atoms with Crippen LogP contribution in [0.4, 0.5) is 0 Å². The van der Waals surface area contributed by atoms with E-state index in [2.05, 4.69) is 4.98 Å². The van der Waals surface area contributed by atoms with Crippen LogP contribution in [0.1, 0.15) is 12.6 Å². The maximum absolute atomic E-state index is 11.9. The molecule has 11 heteroatoms. The quantitative estimate of drug-likeness (QED) is 0.337. The zero-order chi connectivity index (χ0) is 18.2. The molecule has 11 nitrogen and oxygen atoms in total. The van der Waals surface area contributed by atoms with Crippen molar-refractivity contribution in [2.45, 2.75) is 31.0 Å². The van der Waals surface area contributed by atoms with Crippen LogP contribution < -0.4 is 11.2 Å². The molecular formula is C14H19N3O8. The Morgan fingerprint density at radius 1 is 1.36 bits per heavy atom. The number of aromatic amines is 1. The predicted octanol–water partition coefficient (Wildman–Crippen LogP) is -1.97. The Bertz CT molecular complexity index is 696. The van der Waals surface area contributed by atoms with Crippen LogP contribution >= 0.6 is 0 Å². The zero-order valence-electron chi connectivity index (χ0n) is 13.2. The minimum atomic E-state index is -1.21. The number of nitriles is 1. The molecule has 1 fully saturated rings. The number of aliphatic hydroxyl groups excluding tert-OH is 2. The van der Waals surface area contributed by atoms with Crippen molar-refractivity contribution < 1.29 is 29.2 Å². The standard InChI is InChI=1S/C14H19N3O8/c15-3-1-5-22-7-23-8-24-12-11(20)9(6-18)25-13(12)17-4-2-10(19)16-14(17)21/h2,4,9,11-13,18,20H,1,5-8H2,(H,16,19,21)/t9-,11?,12?,13-/m1/s1. The van der Waals surface area contributed by atoms with Crippen molar-refractivity contribution in [3.8, 4) is 6.07 Å². The maximum atomic E-state index is 11.9. The second kappa shape index (κ2) is 9.42. The van der Waals surface area contributed by atoms with Gasteiger partial charge < -0.3 is 29.2 Å². The molecule has 1 aliphatic rings. The normalized spacial score (nSPS) is 25.8. The molecule has 4 atom stereocenters. The second-order valence-corrected chi connectivity index (χ2v) is 5.14. The molecule has 2 rings (SSSR count). The molecule has 0 amide bonds. The highest BCUT2D eigenvalue weighted by Gasteiger charge is 2.45. The second-order valence-electron chi connectivity index (χ2n) is 5.14.